The fourth-order valence-electron chi connectivity index (χ4n) is 3.04. The molecule has 0 saturated carbocycles. The lowest BCUT2D eigenvalue weighted by molar-refractivity contribution is -0.137. The molecule has 2 aliphatic heterocycles. The first-order chi connectivity index (χ1) is 9.67. The Kier molecular flexibility index (Phi) is 4.25. The lowest BCUT2D eigenvalue weighted by atomic mass is 10.1. The van der Waals surface area contributed by atoms with Gasteiger partial charge in [-0.2, -0.15) is 0 Å². The Balaban J connectivity index is 2.01. The van der Waals surface area contributed by atoms with E-state index < -0.39 is 5.60 Å². The first-order valence-electron chi connectivity index (χ1n) is 7.46. The van der Waals surface area contributed by atoms with Crippen molar-refractivity contribution in [1.29, 1.82) is 0 Å². The molecule has 118 valence electrons. The van der Waals surface area contributed by atoms with Crippen LogP contribution in [0.4, 0.5) is 4.79 Å². The van der Waals surface area contributed by atoms with Gasteiger partial charge in [-0.1, -0.05) is 0 Å². The number of carbonyl (C=O) groups excluding carboxylic acids is 3. The predicted molar refractivity (Wildman–Crippen MR) is 76.8 cm³/mol. The van der Waals surface area contributed by atoms with Gasteiger partial charge in [0.1, 0.15) is 11.4 Å². The highest BCUT2D eigenvalue weighted by Gasteiger charge is 2.45. The van der Waals surface area contributed by atoms with Crippen LogP contribution in [0.25, 0.3) is 0 Å². The minimum atomic E-state index is -0.516. The van der Waals surface area contributed by atoms with Gasteiger partial charge in [-0.3, -0.25) is 14.5 Å². The Hall–Kier alpha value is -1.59. The molecule has 2 rings (SSSR count). The van der Waals surface area contributed by atoms with Crippen LogP contribution < -0.4 is 0 Å². The van der Waals surface area contributed by atoms with Gasteiger partial charge in [-0.15, -0.1) is 0 Å². The van der Waals surface area contributed by atoms with Gasteiger partial charge >= 0.3 is 6.09 Å². The zero-order valence-electron chi connectivity index (χ0n) is 13.2. The summed E-state index contributed by atoms with van der Waals surface area (Å²) in [5, 5.41) is 0. The smallest absolute Gasteiger partial charge is 0.410 e. The van der Waals surface area contributed by atoms with Gasteiger partial charge in [-0.25, -0.2) is 4.79 Å². The van der Waals surface area contributed by atoms with E-state index in [1.165, 1.54) is 6.92 Å². The van der Waals surface area contributed by atoms with Crippen molar-refractivity contribution in [3.8, 4) is 0 Å². The predicted octanol–water partition coefficient (Wildman–Crippen LogP) is 1.58. The topological polar surface area (TPSA) is 66.9 Å². The summed E-state index contributed by atoms with van der Waals surface area (Å²) < 4.78 is 5.45. The Labute approximate surface area is 125 Å². The van der Waals surface area contributed by atoms with E-state index in [0.717, 1.165) is 12.8 Å². The van der Waals surface area contributed by atoms with Crippen LogP contribution in [0.5, 0.6) is 0 Å². The van der Waals surface area contributed by atoms with Crippen LogP contribution >= 0.6 is 0 Å². The third kappa shape index (κ3) is 3.74. The summed E-state index contributed by atoms with van der Waals surface area (Å²) in [7, 11) is 0. The largest absolute Gasteiger partial charge is 0.444 e. The van der Waals surface area contributed by atoms with Crippen molar-refractivity contribution in [2.75, 3.05) is 13.1 Å². The summed E-state index contributed by atoms with van der Waals surface area (Å²) in [6, 6.07) is 0.0176. The van der Waals surface area contributed by atoms with E-state index in [2.05, 4.69) is 0 Å². The molecule has 0 aromatic heterocycles. The van der Waals surface area contributed by atoms with Crippen molar-refractivity contribution in [1.82, 2.24) is 9.80 Å². The second kappa shape index (κ2) is 5.66. The van der Waals surface area contributed by atoms with Gasteiger partial charge in [0.15, 0.2) is 0 Å². The number of fused-ring (bicyclic) bond motifs is 2. The molecule has 0 N–H and O–H groups in total. The van der Waals surface area contributed by atoms with E-state index in [-0.39, 0.29) is 36.3 Å². The summed E-state index contributed by atoms with van der Waals surface area (Å²) in [5.41, 5.74) is -0.516. The van der Waals surface area contributed by atoms with Gasteiger partial charge < -0.3 is 9.64 Å². The number of likely N-dealkylation sites (tertiary alicyclic amines) is 1. The monoisotopic (exact) mass is 296 g/mol. The third-order valence-electron chi connectivity index (χ3n) is 3.84. The minimum Gasteiger partial charge on any atom is -0.444 e. The van der Waals surface area contributed by atoms with Crippen LogP contribution in [0.15, 0.2) is 0 Å². The lowest BCUT2D eigenvalue weighted by Gasteiger charge is -2.41. The Morgan fingerprint density at radius 2 is 1.62 bits per heavy atom. The van der Waals surface area contributed by atoms with Crippen LogP contribution in [-0.2, 0) is 14.3 Å². The summed E-state index contributed by atoms with van der Waals surface area (Å²) in [5.74, 6) is -0.259. The molecule has 6 nitrogen and oxygen atoms in total. The second-order valence-electron chi connectivity index (χ2n) is 6.95. The van der Waals surface area contributed by atoms with Gasteiger partial charge in [0.2, 0.25) is 5.91 Å². The summed E-state index contributed by atoms with van der Waals surface area (Å²) in [6.07, 6.45) is 1.42. The van der Waals surface area contributed by atoms with Crippen molar-refractivity contribution in [3.63, 3.8) is 0 Å². The number of nitrogens with zero attached hydrogens (tertiary/aromatic N) is 2. The summed E-state index contributed by atoms with van der Waals surface area (Å²) >= 11 is 0. The third-order valence-corrected chi connectivity index (χ3v) is 3.84. The van der Waals surface area contributed by atoms with Crippen molar-refractivity contribution >= 4 is 17.8 Å². The van der Waals surface area contributed by atoms with E-state index in [4.69, 9.17) is 4.74 Å². The molecule has 0 aromatic rings. The van der Waals surface area contributed by atoms with E-state index in [0.29, 0.717) is 13.1 Å². The molecule has 0 spiro atoms. The summed E-state index contributed by atoms with van der Waals surface area (Å²) in [6.45, 7) is 7.96. The molecule has 21 heavy (non-hydrogen) atoms. The molecule has 2 amide bonds. The number of hydrogen-bond acceptors (Lipinski definition) is 4. The highest BCUT2D eigenvalue weighted by Crippen LogP contribution is 2.31. The number of Topliss-reactive ketones (excluding diaryl/α,β-unsaturated/α-hetero) is 1. The van der Waals surface area contributed by atoms with Gasteiger partial charge in [0.25, 0.3) is 0 Å². The first-order valence-corrected chi connectivity index (χ1v) is 7.46. The zero-order valence-corrected chi connectivity index (χ0v) is 13.2. The SMILES string of the molecule is CC(=O)CC(=O)N1CC2CCC(C1)N2C(=O)OC(C)(C)C. The molecular formula is C15H24N2O4. The Morgan fingerprint density at radius 1 is 1.10 bits per heavy atom. The fraction of sp³-hybridized carbons (Fsp3) is 0.800. The second-order valence-corrected chi connectivity index (χ2v) is 6.95. The number of piperazine rings is 1. The molecule has 2 atom stereocenters. The number of ether oxygens (including phenoxy) is 1. The van der Waals surface area contributed by atoms with E-state index in [1.54, 1.807) is 9.80 Å². The van der Waals surface area contributed by atoms with Crippen LogP contribution in [0, 0.1) is 0 Å². The lowest BCUT2D eigenvalue weighted by Crippen LogP contribution is -2.58. The standard InChI is InChI=1S/C15H24N2O4/c1-10(18)7-13(19)16-8-11-5-6-12(9-16)17(11)14(20)21-15(2,3)4/h11-12H,5-9H2,1-4H3. The van der Waals surface area contributed by atoms with E-state index in [9.17, 15) is 14.4 Å². The molecule has 6 heteroatoms. The molecule has 2 saturated heterocycles. The van der Waals surface area contributed by atoms with Gasteiger partial charge in [-0.05, 0) is 40.5 Å². The molecule has 2 bridgehead atoms. The molecule has 2 heterocycles. The average molecular weight is 296 g/mol. The quantitative estimate of drug-likeness (QED) is 0.726. The Bertz CT molecular complexity index is 441. The van der Waals surface area contributed by atoms with Crippen molar-refractivity contribution < 1.29 is 19.1 Å². The highest BCUT2D eigenvalue weighted by molar-refractivity contribution is 5.96. The van der Waals surface area contributed by atoms with E-state index >= 15 is 0 Å². The normalized spacial score (nSPS) is 25.0. The average Bonchev–Trinajstić information content (AvgIpc) is 2.57. The first kappa shape index (κ1) is 15.8. The van der Waals surface area contributed by atoms with E-state index in [1.807, 2.05) is 20.8 Å². The summed E-state index contributed by atoms with van der Waals surface area (Å²) in [4.78, 5) is 38.8. The Morgan fingerprint density at radius 3 is 2.05 bits per heavy atom. The molecule has 0 aliphatic carbocycles. The number of amides is 2. The van der Waals surface area contributed by atoms with Crippen LogP contribution in [0.3, 0.4) is 0 Å². The number of ketones is 1. The molecule has 2 fully saturated rings. The van der Waals surface area contributed by atoms with Gasteiger partial charge in [0, 0.05) is 13.1 Å². The minimum absolute atomic E-state index is 0.00880. The van der Waals surface area contributed by atoms with Crippen molar-refractivity contribution in [2.45, 2.75) is 64.6 Å². The molecular weight excluding hydrogens is 272 g/mol. The molecule has 0 radical (unpaired) electrons. The number of rotatable bonds is 2. The van der Waals surface area contributed by atoms with Crippen LogP contribution in [-0.4, -0.2) is 58.4 Å². The maximum absolute atomic E-state index is 12.3. The highest BCUT2D eigenvalue weighted by atomic mass is 16.6. The number of carbonyl (C=O) groups is 3. The maximum atomic E-state index is 12.3. The van der Waals surface area contributed by atoms with Crippen LogP contribution in [0.2, 0.25) is 0 Å². The fourth-order valence-corrected chi connectivity index (χ4v) is 3.04. The number of hydrogen-bond donors (Lipinski definition) is 0. The van der Waals surface area contributed by atoms with Crippen molar-refractivity contribution in [3.05, 3.63) is 0 Å². The van der Waals surface area contributed by atoms with Crippen molar-refractivity contribution in [2.24, 2.45) is 0 Å². The zero-order chi connectivity index (χ0) is 15.8. The molecule has 2 aliphatic rings. The molecule has 2 unspecified atom stereocenters. The van der Waals surface area contributed by atoms with Crippen LogP contribution in [0.1, 0.15) is 47.0 Å². The molecule has 0 aromatic carbocycles. The maximum Gasteiger partial charge on any atom is 0.410 e. The van der Waals surface area contributed by atoms with Gasteiger partial charge in [0.05, 0.1) is 18.5 Å².